The lowest BCUT2D eigenvalue weighted by atomic mass is 10.1. The number of fused-ring (bicyclic) bond motifs is 1. The van der Waals surface area contributed by atoms with Crippen molar-refractivity contribution in [2.24, 2.45) is 0 Å². The fraction of sp³-hybridized carbons (Fsp3) is 0.105. The number of anilines is 2. The molecule has 0 saturated heterocycles. The van der Waals surface area contributed by atoms with E-state index in [-0.39, 0.29) is 11.6 Å². The van der Waals surface area contributed by atoms with E-state index in [2.05, 4.69) is 10.6 Å². The molecule has 0 heterocycles. The number of amides is 1. The third-order valence-corrected chi connectivity index (χ3v) is 3.85. The topological polar surface area (TPSA) is 84.3 Å². The summed E-state index contributed by atoms with van der Waals surface area (Å²) in [6, 6.07) is 19.1. The van der Waals surface area contributed by atoms with Crippen molar-refractivity contribution < 1.29 is 9.72 Å². The lowest BCUT2D eigenvalue weighted by molar-refractivity contribution is -0.384. The highest BCUT2D eigenvalue weighted by molar-refractivity contribution is 5.98. The first-order chi connectivity index (χ1) is 12.0. The molecule has 3 rings (SSSR count). The summed E-state index contributed by atoms with van der Waals surface area (Å²) in [6.45, 7) is 1.70. The van der Waals surface area contributed by atoms with E-state index in [1.807, 2.05) is 42.5 Å². The highest BCUT2D eigenvalue weighted by Gasteiger charge is 2.14. The number of nitro benzene ring substituents is 1. The van der Waals surface area contributed by atoms with Gasteiger partial charge in [-0.15, -0.1) is 0 Å². The maximum absolute atomic E-state index is 12.4. The second-order valence-electron chi connectivity index (χ2n) is 5.72. The summed E-state index contributed by atoms with van der Waals surface area (Å²) in [5.74, 6) is -0.221. The van der Waals surface area contributed by atoms with Crippen LogP contribution in [0.25, 0.3) is 10.8 Å². The molecule has 6 nitrogen and oxygen atoms in total. The van der Waals surface area contributed by atoms with E-state index < -0.39 is 11.0 Å². The Kier molecular flexibility index (Phi) is 4.61. The van der Waals surface area contributed by atoms with Crippen molar-refractivity contribution in [1.82, 2.24) is 0 Å². The molecule has 1 atom stereocenters. The number of nitrogens with zero attached hydrogens (tertiary/aromatic N) is 1. The number of carbonyl (C=O) groups excluding carboxylic acids is 1. The van der Waals surface area contributed by atoms with Gasteiger partial charge in [0.15, 0.2) is 0 Å². The lowest BCUT2D eigenvalue weighted by Crippen LogP contribution is -2.31. The van der Waals surface area contributed by atoms with Crippen molar-refractivity contribution in [3.63, 3.8) is 0 Å². The van der Waals surface area contributed by atoms with Gasteiger partial charge < -0.3 is 10.6 Å². The van der Waals surface area contributed by atoms with Crippen molar-refractivity contribution in [3.8, 4) is 0 Å². The number of hydrogen-bond acceptors (Lipinski definition) is 4. The van der Waals surface area contributed by atoms with Crippen molar-refractivity contribution >= 4 is 33.7 Å². The fourth-order valence-electron chi connectivity index (χ4n) is 2.54. The molecule has 0 unspecified atom stereocenters. The minimum Gasteiger partial charge on any atom is -0.374 e. The van der Waals surface area contributed by atoms with Gasteiger partial charge in [-0.3, -0.25) is 14.9 Å². The van der Waals surface area contributed by atoms with E-state index in [1.165, 1.54) is 12.1 Å². The molecule has 2 N–H and O–H groups in total. The summed E-state index contributed by atoms with van der Waals surface area (Å²) in [4.78, 5) is 22.7. The number of nitro groups is 1. The van der Waals surface area contributed by atoms with Gasteiger partial charge in [0.2, 0.25) is 5.91 Å². The summed E-state index contributed by atoms with van der Waals surface area (Å²) >= 11 is 0. The first-order valence-electron chi connectivity index (χ1n) is 7.83. The predicted octanol–water partition coefficient (Wildman–Crippen LogP) is 4.19. The number of non-ortho nitro benzene ring substituents is 1. The van der Waals surface area contributed by atoms with Crippen molar-refractivity contribution in [2.45, 2.75) is 13.0 Å². The largest absolute Gasteiger partial charge is 0.374 e. The van der Waals surface area contributed by atoms with Crippen LogP contribution in [0.15, 0.2) is 66.7 Å². The van der Waals surface area contributed by atoms with Gasteiger partial charge in [-0.25, -0.2) is 0 Å². The molecule has 0 fully saturated rings. The van der Waals surface area contributed by atoms with Crippen molar-refractivity contribution in [3.05, 3.63) is 76.8 Å². The lowest BCUT2D eigenvalue weighted by Gasteiger charge is -2.15. The van der Waals surface area contributed by atoms with E-state index in [4.69, 9.17) is 0 Å². The Labute approximate surface area is 144 Å². The summed E-state index contributed by atoms with van der Waals surface area (Å²) < 4.78 is 0. The third kappa shape index (κ3) is 3.92. The molecule has 0 aliphatic heterocycles. The average molecular weight is 335 g/mol. The van der Waals surface area contributed by atoms with Gasteiger partial charge in [0.05, 0.1) is 4.92 Å². The molecule has 126 valence electrons. The SMILES string of the molecule is C[C@H](Nc1cccc([N+](=O)[O-])c1)C(=O)Nc1ccc2ccccc2c1. The van der Waals surface area contributed by atoms with Gasteiger partial charge in [0, 0.05) is 23.5 Å². The zero-order valence-corrected chi connectivity index (χ0v) is 13.6. The Morgan fingerprint density at radius 1 is 0.960 bits per heavy atom. The van der Waals surface area contributed by atoms with E-state index in [9.17, 15) is 14.9 Å². The van der Waals surface area contributed by atoms with Gasteiger partial charge in [-0.1, -0.05) is 36.4 Å². The standard InChI is InChI=1S/C19H17N3O3/c1-13(20-16-7-4-8-18(12-16)22(24)25)19(23)21-17-10-9-14-5-2-3-6-15(14)11-17/h2-13,20H,1H3,(H,21,23)/t13-/m0/s1. The molecule has 0 saturated carbocycles. The van der Waals surface area contributed by atoms with Gasteiger partial charge in [-0.05, 0) is 35.9 Å². The van der Waals surface area contributed by atoms with Gasteiger partial charge in [0.25, 0.3) is 5.69 Å². The Morgan fingerprint density at radius 2 is 1.72 bits per heavy atom. The van der Waals surface area contributed by atoms with Crippen LogP contribution >= 0.6 is 0 Å². The van der Waals surface area contributed by atoms with E-state index in [1.54, 1.807) is 19.1 Å². The molecule has 1 amide bonds. The average Bonchev–Trinajstić information content (AvgIpc) is 2.61. The Balaban J connectivity index is 1.69. The van der Waals surface area contributed by atoms with Gasteiger partial charge >= 0.3 is 0 Å². The van der Waals surface area contributed by atoms with E-state index in [0.29, 0.717) is 11.4 Å². The number of rotatable bonds is 5. The molecule has 0 aliphatic carbocycles. The number of nitrogens with one attached hydrogen (secondary N) is 2. The van der Waals surface area contributed by atoms with E-state index in [0.717, 1.165) is 10.8 Å². The molecule has 3 aromatic carbocycles. The van der Waals surface area contributed by atoms with Crippen LogP contribution in [-0.4, -0.2) is 16.9 Å². The molecule has 0 radical (unpaired) electrons. The maximum Gasteiger partial charge on any atom is 0.271 e. The van der Waals surface area contributed by atoms with Crippen molar-refractivity contribution in [1.29, 1.82) is 0 Å². The molecule has 0 bridgehead atoms. The summed E-state index contributed by atoms with van der Waals surface area (Å²) in [5.41, 5.74) is 1.21. The van der Waals surface area contributed by atoms with Crippen LogP contribution in [0, 0.1) is 10.1 Å². The minimum atomic E-state index is -0.548. The molecular weight excluding hydrogens is 318 g/mol. The molecule has 0 spiro atoms. The minimum absolute atomic E-state index is 0.0212. The van der Waals surface area contributed by atoms with Crippen LogP contribution in [0.2, 0.25) is 0 Å². The molecule has 6 heteroatoms. The normalized spacial score (nSPS) is 11.7. The first-order valence-corrected chi connectivity index (χ1v) is 7.83. The van der Waals surface area contributed by atoms with Crippen LogP contribution in [0.5, 0.6) is 0 Å². The Hall–Kier alpha value is -3.41. The molecular formula is C19H17N3O3. The third-order valence-electron chi connectivity index (χ3n) is 3.85. The maximum atomic E-state index is 12.4. The highest BCUT2D eigenvalue weighted by atomic mass is 16.6. The summed E-state index contributed by atoms with van der Waals surface area (Å²) in [6.07, 6.45) is 0. The first kappa shape index (κ1) is 16.4. The van der Waals surface area contributed by atoms with Gasteiger partial charge in [-0.2, -0.15) is 0 Å². The van der Waals surface area contributed by atoms with Crippen LogP contribution in [0.1, 0.15) is 6.92 Å². The Morgan fingerprint density at radius 3 is 2.48 bits per heavy atom. The second-order valence-corrected chi connectivity index (χ2v) is 5.72. The predicted molar refractivity (Wildman–Crippen MR) is 98.8 cm³/mol. The fourth-order valence-corrected chi connectivity index (χ4v) is 2.54. The smallest absolute Gasteiger partial charge is 0.271 e. The van der Waals surface area contributed by atoms with Crippen LogP contribution in [0.3, 0.4) is 0 Å². The monoisotopic (exact) mass is 335 g/mol. The van der Waals surface area contributed by atoms with Crippen LogP contribution in [0.4, 0.5) is 17.1 Å². The van der Waals surface area contributed by atoms with Crippen LogP contribution < -0.4 is 10.6 Å². The quantitative estimate of drug-likeness (QED) is 0.541. The van der Waals surface area contributed by atoms with Gasteiger partial charge in [0.1, 0.15) is 6.04 Å². The molecule has 25 heavy (non-hydrogen) atoms. The zero-order valence-electron chi connectivity index (χ0n) is 13.6. The highest BCUT2D eigenvalue weighted by Crippen LogP contribution is 2.20. The number of benzene rings is 3. The number of carbonyl (C=O) groups is 1. The number of hydrogen-bond donors (Lipinski definition) is 2. The molecule has 0 aromatic heterocycles. The summed E-state index contributed by atoms with van der Waals surface area (Å²) in [5, 5.41) is 18.8. The molecule has 0 aliphatic rings. The zero-order chi connectivity index (χ0) is 17.8. The Bertz CT molecular complexity index is 940. The second kappa shape index (κ2) is 7.00. The molecule has 3 aromatic rings. The van der Waals surface area contributed by atoms with Crippen LogP contribution in [-0.2, 0) is 4.79 Å². The summed E-state index contributed by atoms with van der Waals surface area (Å²) in [7, 11) is 0. The van der Waals surface area contributed by atoms with Crippen molar-refractivity contribution in [2.75, 3.05) is 10.6 Å². The van der Waals surface area contributed by atoms with E-state index >= 15 is 0 Å².